The minimum absolute atomic E-state index is 0.131. The average molecular weight is 357 g/mol. The molecule has 1 aromatic carbocycles. The first-order chi connectivity index (χ1) is 12.6. The number of carbonyl (C=O) groups excluding carboxylic acids is 2. The molecule has 1 aliphatic carbocycles. The molecule has 0 bridgehead atoms. The number of nitrogens with zero attached hydrogens (tertiary/aromatic N) is 1. The quantitative estimate of drug-likeness (QED) is 0.775. The van der Waals surface area contributed by atoms with Crippen LogP contribution in [0.3, 0.4) is 0 Å². The number of benzene rings is 1. The first-order valence-corrected chi connectivity index (χ1v) is 10.3. The zero-order valence-electron chi connectivity index (χ0n) is 16.2. The van der Waals surface area contributed by atoms with Crippen LogP contribution < -0.4 is 10.2 Å². The molecule has 1 aliphatic heterocycles. The van der Waals surface area contributed by atoms with Crippen LogP contribution in [0.4, 0.5) is 11.4 Å². The summed E-state index contributed by atoms with van der Waals surface area (Å²) in [6, 6.07) is 5.91. The van der Waals surface area contributed by atoms with E-state index in [1.54, 1.807) is 0 Å². The van der Waals surface area contributed by atoms with Crippen LogP contribution in [0.2, 0.25) is 0 Å². The molecule has 0 spiro atoms. The minimum atomic E-state index is 0.131. The van der Waals surface area contributed by atoms with Crippen molar-refractivity contribution in [1.29, 1.82) is 0 Å². The summed E-state index contributed by atoms with van der Waals surface area (Å²) in [7, 11) is 0. The van der Waals surface area contributed by atoms with Gasteiger partial charge in [0.25, 0.3) is 0 Å². The van der Waals surface area contributed by atoms with Crippen molar-refractivity contribution in [3.63, 3.8) is 0 Å². The second kappa shape index (κ2) is 8.70. The van der Waals surface area contributed by atoms with Gasteiger partial charge in [0.2, 0.25) is 11.8 Å². The summed E-state index contributed by atoms with van der Waals surface area (Å²) in [6.45, 7) is 5.04. The fourth-order valence-electron chi connectivity index (χ4n) is 4.33. The van der Waals surface area contributed by atoms with E-state index < -0.39 is 0 Å². The standard InChI is InChI=1S/C22H32N2O2/c1-3-4-6-17-9-11-18(12-10-17)22(26)23-19-13-8-16(2)20(15-19)24-14-5-7-21(24)25/h8,13,15,17-18H,3-7,9-12,14H2,1-2H3,(H,23,26). The van der Waals surface area contributed by atoms with Crippen LogP contribution >= 0.6 is 0 Å². The van der Waals surface area contributed by atoms with E-state index in [-0.39, 0.29) is 17.7 Å². The molecule has 0 atom stereocenters. The fraction of sp³-hybridized carbons (Fsp3) is 0.636. The van der Waals surface area contributed by atoms with Crippen LogP contribution in [0, 0.1) is 18.8 Å². The molecule has 1 saturated carbocycles. The van der Waals surface area contributed by atoms with Crippen LogP contribution in [0.1, 0.15) is 70.3 Å². The summed E-state index contributed by atoms with van der Waals surface area (Å²) in [5.41, 5.74) is 2.83. The average Bonchev–Trinajstić information content (AvgIpc) is 3.07. The first-order valence-electron chi connectivity index (χ1n) is 10.3. The van der Waals surface area contributed by atoms with Gasteiger partial charge in [-0.25, -0.2) is 0 Å². The molecule has 142 valence electrons. The van der Waals surface area contributed by atoms with Crippen LogP contribution in [-0.4, -0.2) is 18.4 Å². The Balaban J connectivity index is 1.59. The Kier molecular flexibility index (Phi) is 6.33. The van der Waals surface area contributed by atoms with E-state index >= 15 is 0 Å². The first kappa shape index (κ1) is 18.9. The predicted molar refractivity (Wildman–Crippen MR) is 106 cm³/mol. The second-order valence-corrected chi connectivity index (χ2v) is 8.00. The van der Waals surface area contributed by atoms with Gasteiger partial charge in [-0.2, -0.15) is 0 Å². The van der Waals surface area contributed by atoms with Gasteiger partial charge in [0.05, 0.1) is 0 Å². The summed E-state index contributed by atoms with van der Waals surface area (Å²) in [4.78, 5) is 26.6. The monoisotopic (exact) mass is 356 g/mol. The highest BCUT2D eigenvalue weighted by Gasteiger charge is 2.27. The molecule has 2 fully saturated rings. The lowest BCUT2D eigenvalue weighted by Gasteiger charge is -2.28. The molecule has 4 heteroatoms. The predicted octanol–water partition coefficient (Wildman–Crippen LogP) is 5.06. The van der Waals surface area contributed by atoms with Crippen LogP contribution in [0.5, 0.6) is 0 Å². The van der Waals surface area contributed by atoms with Crippen LogP contribution in [0.15, 0.2) is 18.2 Å². The molecular formula is C22H32N2O2. The Morgan fingerprint density at radius 3 is 2.65 bits per heavy atom. The molecule has 1 aromatic rings. The number of amides is 2. The molecule has 0 radical (unpaired) electrons. The van der Waals surface area contributed by atoms with E-state index in [9.17, 15) is 9.59 Å². The Hall–Kier alpha value is -1.84. The number of hydrogen-bond donors (Lipinski definition) is 1. The fourth-order valence-corrected chi connectivity index (χ4v) is 4.33. The SMILES string of the molecule is CCCCC1CCC(C(=O)Nc2ccc(C)c(N3CCCC3=O)c2)CC1. The summed E-state index contributed by atoms with van der Waals surface area (Å²) >= 11 is 0. The Morgan fingerprint density at radius 1 is 1.23 bits per heavy atom. The van der Waals surface area contributed by atoms with Crippen LogP contribution in [0.25, 0.3) is 0 Å². The van der Waals surface area contributed by atoms with Gasteiger partial charge in [0, 0.05) is 30.3 Å². The smallest absolute Gasteiger partial charge is 0.227 e. The van der Waals surface area contributed by atoms with Crippen molar-refractivity contribution < 1.29 is 9.59 Å². The number of carbonyl (C=O) groups is 2. The van der Waals surface area contributed by atoms with E-state index in [2.05, 4.69) is 12.2 Å². The van der Waals surface area contributed by atoms with Gasteiger partial charge in [-0.1, -0.05) is 32.3 Å². The zero-order valence-corrected chi connectivity index (χ0v) is 16.2. The molecule has 2 aliphatic rings. The molecule has 1 saturated heterocycles. The number of hydrogen-bond acceptors (Lipinski definition) is 2. The number of nitrogens with one attached hydrogen (secondary N) is 1. The van der Waals surface area contributed by atoms with E-state index in [1.165, 1.54) is 32.1 Å². The zero-order chi connectivity index (χ0) is 18.5. The molecule has 0 aromatic heterocycles. The van der Waals surface area contributed by atoms with Crippen molar-refractivity contribution in [3.05, 3.63) is 23.8 Å². The highest BCUT2D eigenvalue weighted by molar-refractivity contribution is 5.98. The summed E-state index contributed by atoms with van der Waals surface area (Å²) in [5.74, 6) is 1.26. The number of anilines is 2. The van der Waals surface area contributed by atoms with E-state index in [0.717, 1.165) is 48.7 Å². The lowest BCUT2D eigenvalue weighted by atomic mass is 9.79. The van der Waals surface area contributed by atoms with E-state index in [4.69, 9.17) is 0 Å². The minimum Gasteiger partial charge on any atom is -0.326 e. The number of aryl methyl sites for hydroxylation is 1. The van der Waals surface area contributed by atoms with E-state index in [1.807, 2.05) is 30.0 Å². The van der Waals surface area contributed by atoms with Gasteiger partial charge < -0.3 is 10.2 Å². The summed E-state index contributed by atoms with van der Waals surface area (Å²) in [6.07, 6.45) is 9.79. The molecule has 4 nitrogen and oxygen atoms in total. The molecule has 2 amide bonds. The highest BCUT2D eigenvalue weighted by atomic mass is 16.2. The molecule has 1 heterocycles. The second-order valence-electron chi connectivity index (χ2n) is 8.00. The molecule has 0 unspecified atom stereocenters. The van der Waals surface area contributed by atoms with Crippen molar-refractivity contribution in [2.75, 3.05) is 16.8 Å². The third-order valence-corrected chi connectivity index (χ3v) is 6.02. The normalized spacial score (nSPS) is 23.3. The third kappa shape index (κ3) is 4.46. The highest BCUT2D eigenvalue weighted by Crippen LogP contribution is 2.33. The van der Waals surface area contributed by atoms with Gasteiger partial charge in [0.1, 0.15) is 0 Å². The molecule has 1 N–H and O–H groups in total. The van der Waals surface area contributed by atoms with Gasteiger partial charge >= 0.3 is 0 Å². The summed E-state index contributed by atoms with van der Waals surface area (Å²) in [5, 5.41) is 3.10. The number of rotatable bonds is 6. The van der Waals surface area contributed by atoms with Gasteiger partial charge in [-0.3, -0.25) is 9.59 Å². The van der Waals surface area contributed by atoms with Crippen molar-refractivity contribution >= 4 is 23.2 Å². The largest absolute Gasteiger partial charge is 0.326 e. The van der Waals surface area contributed by atoms with E-state index in [0.29, 0.717) is 6.42 Å². The maximum Gasteiger partial charge on any atom is 0.227 e. The van der Waals surface area contributed by atoms with Crippen molar-refractivity contribution in [1.82, 2.24) is 0 Å². The number of unbranched alkanes of at least 4 members (excludes halogenated alkanes) is 1. The van der Waals surface area contributed by atoms with Gasteiger partial charge in [-0.15, -0.1) is 0 Å². The molecular weight excluding hydrogens is 324 g/mol. The maximum atomic E-state index is 12.7. The third-order valence-electron chi connectivity index (χ3n) is 6.02. The van der Waals surface area contributed by atoms with Gasteiger partial charge in [0.15, 0.2) is 0 Å². The molecule has 3 rings (SSSR count). The Morgan fingerprint density at radius 2 is 2.00 bits per heavy atom. The van der Waals surface area contributed by atoms with Crippen LogP contribution in [-0.2, 0) is 9.59 Å². The van der Waals surface area contributed by atoms with Crippen molar-refractivity contribution in [3.8, 4) is 0 Å². The van der Waals surface area contributed by atoms with Gasteiger partial charge in [-0.05, 0) is 62.6 Å². The summed E-state index contributed by atoms with van der Waals surface area (Å²) < 4.78 is 0. The van der Waals surface area contributed by atoms with Crippen molar-refractivity contribution in [2.24, 2.45) is 11.8 Å². The lowest BCUT2D eigenvalue weighted by Crippen LogP contribution is -2.28. The Bertz CT molecular complexity index is 648. The maximum absolute atomic E-state index is 12.7. The van der Waals surface area contributed by atoms with Crippen molar-refractivity contribution in [2.45, 2.75) is 71.6 Å². The topological polar surface area (TPSA) is 49.4 Å². The molecule has 26 heavy (non-hydrogen) atoms. The Labute approximate surface area is 157 Å². The lowest BCUT2D eigenvalue weighted by molar-refractivity contribution is -0.121.